The molecule has 0 aromatic heterocycles. The van der Waals surface area contributed by atoms with Crippen molar-refractivity contribution in [3.63, 3.8) is 0 Å². The van der Waals surface area contributed by atoms with Gasteiger partial charge >= 0.3 is 11.9 Å². The summed E-state index contributed by atoms with van der Waals surface area (Å²) in [6, 6.07) is 0. The number of hydrogen-bond donors (Lipinski definition) is 0. The van der Waals surface area contributed by atoms with Crippen LogP contribution in [0, 0.1) is 23.7 Å². The van der Waals surface area contributed by atoms with Crippen LogP contribution in [0.4, 0.5) is 0 Å². The number of rotatable bonds is 2. The Labute approximate surface area is 141 Å². The fourth-order valence-corrected chi connectivity index (χ4v) is 2.74. The van der Waals surface area contributed by atoms with Gasteiger partial charge in [0.05, 0.1) is 6.61 Å². The summed E-state index contributed by atoms with van der Waals surface area (Å²) in [5, 5.41) is 0. The van der Waals surface area contributed by atoms with E-state index in [0.717, 1.165) is 12.8 Å². The van der Waals surface area contributed by atoms with Gasteiger partial charge in [-0.1, -0.05) is 11.8 Å². The standard InChI is InChI=1S/C18H20O6/c1-4-5-6-7-10-15-16(22-13(2)19)17(23-14(3)20)18(24-15)11-8-9-12-21-18/h10,16-17H,8-9,11-12H2,1-3H3/b15-10-/t16-,17-,18-/m0/s1. The highest BCUT2D eigenvalue weighted by Crippen LogP contribution is 2.43. The summed E-state index contributed by atoms with van der Waals surface area (Å²) in [6.45, 7) is 4.73. The van der Waals surface area contributed by atoms with E-state index in [4.69, 9.17) is 18.9 Å². The average Bonchev–Trinajstić information content (AvgIpc) is 2.78. The first-order valence-electron chi connectivity index (χ1n) is 7.78. The molecule has 2 saturated heterocycles. The average molecular weight is 332 g/mol. The van der Waals surface area contributed by atoms with E-state index in [9.17, 15) is 9.59 Å². The Morgan fingerprint density at radius 2 is 1.96 bits per heavy atom. The van der Waals surface area contributed by atoms with E-state index in [1.165, 1.54) is 19.9 Å². The Bertz CT molecular complexity index is 648. The van der Waals surface area contributed by atoms with E-state index >= 15 is 0 Å². The van der Waals surface area contributed by atoms with E-state index in [1.807, 2.05) is 0 Å². The Hall–Kier alpha value is -2.44. The van der Waals surface area contributed by atoms with E-state index in [1.54, 1.807) is 6.92 Å². The van der Waals surface area contributed by atoms with Crippen LogP contribution in [0.25, 0.3) is 0 Å². The van der Waals surface area contributed by atoms with Gasteiger partial charge in [0, 0.05) is 26.3 Å². The first-order valence-corrected chi connectivity index (χ1v) is 7.78. The van der Waals surface area contributed by atoms with Crippen LogP contribution in [-0.2, 0) is 28.5 Å². The summed E-state index contributed by atoms with van der Waals surface area (Å²) in [5.41, 5.74) is 0. The molecule has 2 rings (SSSR count). The number of hydrogen-bond acceptors (Lipinski definition) is 6. The minimum Gasteiger partial charge on any atom is -0.458 e. The maximum atomic E-state index is 11.5. The van der Waals surface area contributed by atoms with Crippen molar-refractivity contribution in [1.82, 2.24) is 0 Å². The van der Waals surface area contributed by atoms with Crippen molar-refractivity contribution in [2.45, 2.75) is 58.0 Å². The van der Waals surface area contributed by atoms with Crippen molar-refractivity contribution in [3.05, 3.63) is 11.8 Å². The van der Waals surface area contributed by atoms with E-state index < -0.39 is 29.9 Å². The SMILES string of the molecule is CC#CC#C/C=C1\O[C@@]2(CCCCO2)[C@@H](OC(C)=O)[C@H]1OC(C)=O. The van der Waals surface area contributed by atoms with Crippen LogP contribution in [0.2, 0.25) is 0 Å². The molecule has 2 aliphatic heterocycles. The normalized spacial score (nSPS) is 29.7. The zero-order valence-electron chi connectivity index (χ0n) is 14.0. The molecule has 2 fully saturated rings. The van der Waals surface area contributed by atoms with Crippen LogP contribution in [0.3, 0.4) is 0 Å². The lowest BCUT2D eigenvalue weighted by Gasteiger charge is -2.36. The van der Waals surface area contributed by atoms with Crippen molar-refractivity contribution >= 4 is 11.9 Å². The molecule has 0 bridgehead atoms. The monoisotopic (exact) mass is 332 g/mol. The zero-order chi connectivity index (χ0) is 17.6. The van der Waals surface area contributed by atoms with Crippen LogP contribution in [0.1, 0.15) is 40.0 Å². The van der Waals surface area contributed by atoms with Gasteiger partial charge in [0.2, 0.25) is 12.2 Å². The largest absolute Gasteiger partial charge is 0.458 e. The first kappa shape index (κ1) is 17.9. The van der Waals surface area contributed by atoms with Crippen molar-refractivity contribution < 1.29 is 28.5 Å². The minimum atomic E-state index is -1.14. The van der Waals surface area contributed by atoms with Gasteiger partial charge in [-0.15, -0.1) is 0 Å². The molecule has 0 saturated carbocycles. The van der Waals surface area contributed by atoms with Crippen molar-refractivity contribution in [1.29, 1.82) is 0 Å². The molecule has 0 aromatic rings. The second-order valence-electron chi connectivity index (χ2n) is 5.47. The highest BCUT2D eigenvalue weighted by Gasteiger charge is 2.59. The van der Waals surface area contributed by atoms with Crippen LogP contribution in [0.5, 0.6) is 0 Å². The first-order chi connectivity index (χ1) is 11.5. The van der Waals surface area contributed by atoms with Crippen LogP contribution < -0.4 is 0 Å². The third-order valence-electron chi connectivity index (χ3n) is 3.61. The summed E-state index contributed by atoms with van der Waals surface area (Å²) < 4.78 is 22.5. The zero-order valence-corrected chi connectivity index (χ0v) is 14.0. The molecule has 0 N–H and O–H groups in total. The van der Waals surface area contributed by atoms with Gasteiger partial charge in [0.1, 0.15) is 0 Å². The van der Waals surface area contributed by atoms with Crippen molar-refractivity contribution in [2.24, 2.45) is 0 Å². The van der Waals surface area contributed by atoms with Crippen molar-refractivity contribution in [3.8, 4) is 23.7 Å². The number of esters is 2. The molecule has 128 valence electrons. The maximum Gasteiger partial charge on any atom is 0.303 e. The van der Waals surface area contributed by atoms with Crippen LogP contribution >= 0.6 is 0 Å². The highest BCUT2D eigenvalue weighted by atomic mass is 16.7. The van der Waals surface area contributed by atoms with Gasteiger partial charge in [0.15, 0.2) is 5.76 Å². The predicted molar refractivity (Wildman–Crippen MR) is 84.0 cm³/mol. The molecule has 0 amide bonds. The fourth-order valence-electron chi connectivity index (χ4n) is 2.74. The molecule has 0 unspecified atom stereocenters. The Balaban J connectivity index is 2.38. The third-order valence-corrected chi connectivity index (χ3v) is 3.61. The number of ether oxygens (including phenoxy) is 4. The van der Waals surface area contributed by atoms with Gasteiger partial charge in [-0.2, -0.15) is 0 Å². The topological polar surface area (TPSA) is 71.1 Å². The molecule has 24 heavy (non-hydrogen) atoms. The molecule has 0 radical (unpaired) electrons. The third kappa shape index (κ3) is 4.10. The lowest BCUT2D eigenvalue weighted by atomic mass is 9.98. The van der Waals surface area contributed by atoms with E-state index in [0.29, 0.717) is 18.8 Å². The molecule has 1 spiro atoms. The van der Waals surface area contributed by atoms with Gasteiger partial charge in [-0.25, -0.2) is 0 Å². The highest BCUT2D eigenvalue weighted by molar-refractivity contribution is 5.68. The molecule has 6 heteroatoms. The summed E-state index contributed by atoms with van der Waals surface area (Å²) in [6.07, 6.45) is 1.98. The molecule has 6 nitrogen and oxygen atoms in total. The second kappa shape index (κ2) is 7.90. The smallest absolute Gasteiger partial charge is 0.303 e. The number of allylic oxidation sites excluding steroid dienone is 1. The van der Waals surface area contributed by atoms with Crippen LogP contribution in [-0.4, -0.2) is 36.5 Å². The lowest BCUT2D eigenvalue weighted by molar-refractivity contribution is -0.263. The lowest BCUT2D eigenvalue weighted by Crippen LogP contribution is -2.50. The van der Waals surface area contributed by atoms with Gasteiger partial charge in [0.25, 0.3) is 5.79 Å². The Morgan fingerprint density at radius 1 is 1.21 bits per heavy atom. The summed E-state index contributed by atoms with van der Waals surface area (Å²) in [7, 11) is 0. The quantitative estimate of drug-likeness (QED) is 0.566. The Kier molecular flexibility index (Phi) is 5.89. The number of carbonyl (C=O) groups excluding carboxylic acids is 2. The van der Waals surface area contributed by atoms with Crippen molar-refractivity contribution in [2.75, 3.05) is 6.61 Å². The van der Waals surface area contributed by atoms with Gasteiger partial charge in [-0.05, 0) is 31.6 Å². The molecule has 0 aromatic carbocycles. The molecular weight excluding hydrogens is 312 g/mol. The molecule has 3 atom stereocenters. The summed E-state index contributed by atoms with van der Waals surface area (Å²) in [4.78, 5) is 23.0. The molecular formula is C18H20O6. The Morgan fingerprint density at radius 3 is 2.54 bits per heavy atom. The molecule has 2 aliphatic rings. The van der Waals surface area contributed by atoms with E-state index in [-0.39, 0.29) is 0 Å². The van der Waals surface area contributed by atoms with Crippen LogP contribution in [0.15, 0.2) is 11.8 Å². The van der Waals surface area contributed by atoms with E-state index in [2.05, 4.69) is 23.7 Å². The fraction of sp³-hybridized carbons (Fsp3) is 0.556. The number of carbonyl (C=O) groups is 2. The molecule has 2 heterocycles. The van der Waals surface area contributed by atoms with Gasteiger partial charge in [-0.3, -0.25) is 9.59 Å². The maximum absolute atomic E-state index is 11.5. The summed E-state index contributed by atoms with van der Waals surface area (Å²) >= 11 is 0. The predicted octanol–water partition coefficient (Wildman–Crippen LogP) is 1.69. The molecule has 0 aliphatic carbocycles. The minimum absolute atomic E-state index is 0.295. The summed E-state index contributed by atoms with van der Waals surface area (Å²) in [5.74, 6) is 8.75. The van der Waals surface area contributed by atoms with Gasteiger partial charge < -0.3 is 18.9 Å². The second-order valence-corrected chi connectivity index (χ2v) is 5.47.